The Kier molecular flexibility index (Phi) is 4.65. The van der Waals surface area contributed by atoms with Gasteiger partial charge < -0.3 is 5.32 Å². The molecule has 0 saturated carbocycles. The molecule has 18 heavy (non-hydrogen) atoms. The molecule has 1 aromatic rings. The van der Waals surface area contributed by atoms with Gasteiger partial charge in [0.15, 0.2) is 5.78 Å². The lowest BCUT2D eigenvalue weighted by molar-refractivity contribution is -0.120. The van der Waals surface area contributed by atoms with Crippen molar-refractivity contribution in [2.24, 2.45) is 0 Å². The molecule has 1 amide bonds. The summed E-state index contributed by atoms with van der Waals surface area (Å²) in [7, 11) is 0. The third-order valence-corrected chi connectivity index (χ3v) is 3.08. The number of aryl methyl sites for hydroxylation is 3. The molecule has 0 heterocycles. The first-order valence-corrected chi connectivity index (χ1v) is 6.28. The van der Waals surface area contributed by atoms with E-state index in [9.17, 15) is 9.59 Å². The zero-order valence-electron chi connectivity index (χ0n) is 11.8. The fraction of sp³-hybridized carbons (Fsp3) is 0.467. The number of benzene rings is 1. The van der Waals surface area contributed by atoms with Crippen LogP contribution in [0, 0.1) is 20.8 Å². The smallest absolute Gasteiger partial charge is 0.252 e. The molecular weight excluding hydrogens is 226 g/mol. The Balaban J connectivity index is 2.95. The summed E-state index contributed by atoms with van der Waals surface area (Å²) >= 11 is 0. The van der Waals surface area contributed by atoms with Crippen LogP contribution >= 0.6 is 0 Å². The minimum atomic E-state index is -0.428. The molecule has 0 aliphatic rings. The fourth-order valence-electron chi connectivity index (χ4n) is 2.19. The third-order valence-electron chi connectivity index (χ3n) is 3.08. The van der Waals surface area contributed by atoms with Crippen LogP contribution in [0.25, 0.3) is 0 Å². The van der Waals surface area contributed by atoms with Crippen molar-refractivity contribution < 1.29 is 9.59 Å². The molecule has 1 aromatic carbocycles. The largest absolute Gasteiger partial charge is 0.343 e. The molecule has 0 radical (unpaired) electrons. The lowest BCUT2D eigenvalue weighted by Crippen LogP contribution is -2.38. The molecule has 98 valence electrons. The predicted molar refractivity (Wildman–Crippen MR) is 72.9 cm³/mol. The Morgan fingerprint density at radius 2 is 1.67 bits per heavy atom. The summed E-state index contributed by atoms with van der Waals surface area (Å²) in [5.74, 6) is -0.120. The lowest BCUT2D eigenvalue weighted by Gasteiger charge is -2.15. The maximum Gasteiger partial charge on any atom is 0.252 e. The van der Waals surface area contributed by atoms with Crippen LogP contribution in [0.1, 0.15) is 47.3 Å². The van der Waals surface area contributed by atoms with Gasteiger partial charge in [0.2, 0.25) is 0 Å². The van der Waals surface area contributed by atoms with Crippen molar-refractivity contribution in [2.75, 3.05) is 0 Å². The SMILES string of the molecule is CCC(=O)C(C)NC(=O)c1c(C)cc(C)cc1C. The molecular formula is C15H21NO2. The van der Waals surface area contributed by atoms with Gasteiger partial charge in [0.25, 0.3) is 5.91 Å². The van der Waals surface area contributed by atoms with E-state index in [2.05, 4.69) is 5.32 Å². The quantitative estimate of drug-likeness (QED) is 0.889. The Hall–Kier alpha value is -1.64. The van der Waals surface area contributed by atoms with E-state index in [4.69, 9.17) is 0 Å². The fourth-order valence-corrected chi connectivity index (χ4v) is 2.19. The predicted octanol–water partition coefficient (Wildman–Crippen LogP) is 2.71. The van der Waals surface area contributed by atoms with E-state index in [-0.39, 0.29) is 11.7 Å². The Bertz CT molecular complexity index is 454. The highest BCUT2D eigenvalue weighted by Gasteiger charge is 2.18. The second-order valence-electron chi connectivity index (χ2n) is 4.79. The van der Waals surface area contributed by atoms with Crippen LogP contribution in [0.15, 0.2) is 12.1 Å². The average Bonchev–Trinajstić information content (AvgIpc) is 2.26. The van der Waals surface area contributed by atoms with Gasteiger partial charge in [-0.15, -0.1) is 0 Å². The van der Waals surface area contributed by atoms with Gasteiger partial charge in [-0.1, -0.05) is 24.6 Å². The van der Waals surface area contributed by atoms with Crippen molar-refractivity contribution >= 4 is 11.7 Å². The minimum Gasteiger partial charge on any atom is -0.343 e. The number of carbonyl (C=O) groups excluding carboxylic acids is 2. The molecule has 0 saturated heterocycles. The number of nitrogens with one attached hydrogen (secondary N) is 1. The number of carbonyl (C=O) groups is 2. The normalized spacial score (nSPS) is 12.1. The third kappa shape index (κ3) is 3.19. The van der Waals surface area contributed by atoms with Crippen LogP contribution < -0.4 is 5.32 Å². The Morgan fingerprint density at radius 1 is 1.17 bits per heavy atom. The second kappa shape index (κ2) is 5.80. The number of ketones is 1. The van der Waals surface area contributed by atoms with Gasteiger partial charge in [0.1, 0.15) is 0 Å². The minimum absolute atomic E-state index is 0.0470. The van der Waals surface area contributed by atoms with Crippen LogP contribution in [-0.4, -0.2) is 17.7 Å². The van der Waals surface area contributed by atoms with E-state index in [1.807, 2.05) is 32.9 Å². The number of rotatable bonds is 4. The highest BCUT2D eigenvalue weighted by atomic mass is 16.2. The molecule has 1 unspecified atom stereocenters. The van der Waals surface area contributed by atoms with Crippen LogP contribution in [0.5, 0.6) is 0 Å². The van der Waals surface area contributed by atoms with Crippen molar-refractivity contribution in [1.82, 2.24) is 5.32 Å². The van der Waals surface area contributed by atoms with E-state index in [1.54, 1.807) is 13.8 Å². The maximum atomic E-state index is 12.2. The summed E-state index contributed by atoms with van der Waals surface area (Å²) in [4.78, 5) is 23.7. The molecule has 0 aliphatic carbocycles. The van der Waals surface area contributed by atoms with Crippen LogP contribution in [0.4, 0.5) is 0 Å². The summed E-state index contributed by atoms with van der Waals surface area (Å²) in [6.07, 6.45) is 0.438. The highest BCUT2D eigenvalue weighted by molar-refractivity contribution is 6.00. The van der Waals surface area contributed by atoms with Crippen molar-refractivity contribution in [1.29, 1.82) is 0 Å². The Labute approximate surface area is 109 Å². The Morgan fingerprint density at radius 3 is 2.11 bits per heavy atom. The first-order valence-electron chi connectivity index (χ1n) is 6.28. The van der Waals surface area contributed by atoms with Gasteiger partial charge in [-0.2, -0.15) is 0 Å². The summed E-state index contributed by atoms with van der Waals surface area (Å²) in [5, 5.41) is 2.76. The molecule has 0 bridgehead atoms. The molecule has 0 aliphatic heterocycles. The van der Waals surface area contributed by atoms with Gasteiger partial charge in [-0.05, 0) is 38.8 Å². The van der Waals surface area contributed by atoms with Crippen LogP contribution in [0.2, 0.25) is 0 Å². The van der Waals surface area contributed by atoms with Gasteiger partial charge >= 0.3 is 0 Å². The summed E-state index contributed by atoms with van der Waals surface area (Å²) < 4.78 is 0. The standard InChI is InChI=1S/C15H21NO2/c1-6-13(17)12(5)16-15(18)14-10(3)7-9(2)8-11(14)4/h7-8,12H,6H2,1-5H3,(H,16,18). The monoisotopic (exact) mass is 247 g/mol. The molecule has 3 heteroatoms. The zero-order chi connectivity index (χ0) is 13.9. The van der Waals surface area contributed by atoms with E-state index in [1.165, 1.54) is 0 Å². The van der Waals surface area contributed by atoms with Gasteiger partial charge in [-0.3, -0.25) is 9.59 Å². The molecule has 0 aromatic heterocycles. The van der Waals surface area contributed by atoms with Crippen molar-refractivity contribution in [3.8, 4) is 0 Å². The lowest BCUT2D eigenvalue weighted by atomic mass is 9.99. The molecule has 1 atom stereocenters. The topological polar surface area (TPSA) is 46.2 Å². The maximum absolute atomic E-state index is 12.2. The second-order valence-corrected chi connectivity index (χ2v) is 4.79. The van der Waals surface area contributed by atoms with E-state index < -0.39 is 6.04 Å². The molecule has 3 nitrogen and oxygen atoms in total. The van der Waals surface area contributed by atoms with E-state index in [0.717, 1.165) is 16.7 Å². The van der Waals surface area contributed by atoms with E-state index in [0.29, 0.717) is 12.0 Å². The van der Waals surface area contributed by atoms with Crippen LogP contribution in [0.3, 0.4) is 0 Å². The van der Waals surface area contributed by atoms with E-state index >= 15 is 0 Å². The van der Waals surface area contributed by atoms with Crippen molar-refractivity contribution in [3.63, 3.8) is 0 Å². The number of hydrogen-bond acceptors (Lipinski definition) is 2. The van der Waals surface area contributed by atoms with Crippen molar-refractivity contribution in [2.45, 2.75) is 47.1 Å². The summed E-state index contributed by atoms with van der Waals surface area (Å²) in [5.41, 5.74) is 3.71. The zero-order valence-corrected chi connectivity index (χ0v) is 11.8. The van der Waals surface area contributed by atoms with Crippen molar-refractivity contribution in [3.05, 3.63) is 34.4 Å². The first kappa shape index (κ1) is 14.4. The van der Waals surface area contributed by atoms with Gasteiger partial charge in [-0.25, -0.2) is 0 Å². The molecule has 0 fully saturated rings. The molecule has 1 rings (SSSR count). The summed E-state index contributed by atoms with van der Waals surface area (Å²) in [6.45, 7) is 9.36. The van der Waals surface area contributed by atoms with Gasteiger partial charge in [0.05, 0.1) is 6.04 Å². The number of hydrogen-bond donors (Lipinski definition) is 1. The summed E-state index contributed by atoms with van der Waals surface area (Å²) in [6, 6.07) is 3.53. The number of Topliss-reactive ketones (excluding diaryl/α,β-unsaturated/α-hetero) is 1. The van der Waals surface area contributed by atoms with Crippen LogP contribution in [-0.2, 0) is 4.79 Å². The highest BCUT2D eigenvalue weighted by Crippen LogP contribution is 2.16. The molecule has 0 spiro atoms. The number of amides is 1. The average molecular weight is 247 g/mol. The molecule has 1 N–H and O–H groups in total. The van der Waals surface area contributed by atoms with Gasteiger partial charge in [0, 0.05) is 12.0 Å². The first-order chi connectivity index (χ1) is 8.36.